The van der Waals surface area contributed by atoms with Gasteiger partial charge in [0.1, 0.15) is 5.54 Å². The summed E-state index contributed by atoms with van der Waals surface area (Å²) in [5, 5.41) is 9.09. The van der Waals surface area contributed by atoms with E-state index >= 15 is 0 Å². The fourth-order valence-electron chi connectivity index (χ4n) is 3.27. The molecule has 1 aromatic rings. The summed E-state index contributed by atoms with van der Waals surface area (Å²) in [5.41, 5.74) is -0.840. The van der Waals surface area contributed by atoms with Crippen LogP contribution >= 0.6 is 0 Å². The number of carbonyl (C=O) groups is 2. The number of urea groups is 1. The Morgan fingerprint density at radius 2 is 2.22 bits per heavy atom. The van der Waals surface area contributed by atoms with Gasteiger partial charge in [0, 0.05) is 18.4 Å². The van der Waals surface area contributed by atoms with E-state index in [1.54, 1.807) is 6.92 Å². The number of hydrogen-bond donors (Lipinski definition) is 2. The lowest BCUT2D eigenvalue weighted by Crippen LogP contribution is -2.55. The zero-order valence-electron chi connectivity index (χ0n) is 13.8. The number of imide groups is 1. The smallest absolute Gasteiger partial charge is 0.322 e. The summed E-state index contributed by atoms with van der Waals surface area (Å²) in [6.45, 7) is 8.04. The normalized spacial score (nSPS) is 29.0. The number of piperidine rings is 1. The first-order valence-corrected chi connectivity index (χ1v) is 8.07. The molecular weight excluding hydrogens is 298 g/mol. The van der Waals surface area contributed by atoms with Crippen LogP contribution in [0.3, 0.4) is 0 Å². The maximum absolute atomic E-state index is 12.1. The van der Waals surface area contributed by atoms with E-state index < -0.39 is 11.6 Å². The lowest BCUT2D eigenvalue weighted by molar-refractivity contribution is -0.126. The Labute approximate surface area is 135 Å². The number of nitrogens with one attached hydrogen (secondary N) is 2. The Balaban J connectivity index is 1.66. The summed E-state index contributed by atoms with van der Waals surface area (Å²) in [6.07, 6.45) is 1.87. The first-order valence-electron chi connectivity index (χ1n) is 8.07. The highest BCUT2D eigenvalue weighted by Crippen LogP contribution is 2.30. The third-order valence-electron chi connectivity index (χ3n) is 4.75. The second kappa shape index (κ2) is 5.92. The van der Waals surface area contributed by atoms with Crippen LogP contribution in [0, 0.1) is 5.92 Å². The molecular formula is C15H23N5O3. The molecule has 0 bridgehead atoms. The summed E-state index contributed by atoms with van der Waals surface area (Å²) in [6, 6.07) is -0.409. The second-order valence-corrected chi connectivity index (χ2v) is 6.89. The largest absolute Gasteiger partial charge is 0.338 e. The first kappa shape index (κ1) is 15.9. The first-order chi connectivity index (χ1) is 10.9. The Morgan fingerprint density at radius 1 is 1.43 bits per heavy atom. The number of likely N-dealkylation sites (tertiary alicyclic amines) is 1. The van der Waals surface area contributed by atoms with E-state index in [9.17, 15) is 9.59 Å². The van der Waals surface area contributed by atoms with Crippen LogP contribution in [0.1, 0.15) is 51.2 Å². The Morgan fingerprint density at radius 3 is 2.83 bits per heavy atom. The molecule has 0 unspecified atom stereocenters. The van der Waals surface area contributed by atoms with Crippen molar-refractivity contribution in [1.82, 2.24) is 25.7 Å². The van der Waals surface area contributed by atoms with Gasteiger partial charge in [-0.3, -0.25) is 15.0 Å². The molecule has 2 N–H and O–H groups in total. The zero-order valence-corrected chi connectivity index (χ0v) is 13.8. The number of nitrogens with zero attached hydrogens (tertiary/aromatic N) is 3. The Hall–Kier alpha value is -1.96. The van der Waals surface area contributed by atoms with Gasteiger partial charge in [0.15, 0.2) is 5.82 Å². The van der Waals surface area contributed by atoms with Crippen LogP contribution in [0.25, 0.3) is 0 Å². The third-order valence-corrected chi connectivity index (χ3v) is 4.75. The average Bonchev–Trinajstić information content (AvgIpc) is 3.05. The molecule has 3 rings (SSSR count). The molecule has 0 spiro atoms. The maximum atomic E-state index is 12.1. The van der Waals surface area contributed by atoms with E-state index in [0.29, 0.717) is 24.8 Å². The highest BCUT2D eigenvalue weighted by molar-refractivity contribution is 6.06. The molecule has 8 nitrogen and oxygen atoms in total. The average molecular weight is 321 g/mol. The predicted octanol–water partition coefficient (Wildman–Crippen LogP) is 1.00. The highest BCUT2D eigenvalue weighted by atomic mass is 16.5. The number of hydrogen-bond acceptors (Lipinski definition) is 6. The molecule has 1 aromatic heterocycles. The minimum atomic E-state index is -0.840. The van der Waals surface area contributed by atoms with Crippen molar-refractivity contribution in [2.24, 2.45) is 5.92 Å². The summed E-state index contributed by atoms with van der Waals surface area (Å²) < 4.78 is 5.30. The van der Waals surface area contributed by atoms with Crippen LogP contribution in [0.2, 0.25) is 0 Å². The van der Waals surface area contributed by atoms with Crippen molar-refractivity contribution >= 4 is 11.9 Å². The molecule has 2 aliphatic rings. The van der Waals surface area contributed by atoms with E-state index in [4.69, 9.17) is 4.52 Å². The van der Waals surface area contributed by atoms with Gasteiger partial charge >= 0.3 is 6.03 Å². The molecule has 23 heavy (non-hydrogen) atoms. The number of aromatic nitrogens is 2. The Kier molecular flexibility index (Phi) is 4.09. The lowest BCUT2D eigenvalue weighted by atomic mass is 9.80. The van der Waals surface area contributed by atoms with Crippen molar-refractivity contribution in [2.75, 3.05) is 13.1 Å². The number of amides is 3. The zero-order chi connectivity index (χ0) is 16.6. The lowest BCUT2D eigenvalue weighted by Gasteiger charge is -2.39. The van der Waals surface area contributed by atoms with Gasteiger partial charge in [-0.1, -0.05) is 19.0 Å². The standard InChI is InChI=1S/C15H23N5O3/c1-9(2)12-16-11(23-19-12)8-20-6-4-5-10(7-20)15(3)13(21)17-14(22)18-15/h9-10H,4-8H2,1-3H3,(H2,17,18,21,22)/t10-,15-/m0/s1. The van der Waals surface area contributed by atoms with Crippen LogP contribution in [0.15, 0.2) is 4.52 Å². The molecule has 3 heterocycles. The van der Waals surface area contributed by atoms with Crippen molar-refractivity contribution in [3.8, 4) is 0 Å². The fraction of sp³-hybridized carbons (Fsp3) is 0.733. The minimum absolute atomic E-state index is 0.0650. The van der Waals surface area contributed by atoms with Crippen LogP contribution in [0.5, 0.6) is 0 Å². The number of carbonyl (C=O) groups excluding carboxylic acids is 2. The molecule has 2 fully saturated rings. The molecule has 0 radical (unpaired) electrons. The van der Waals surface area contributed by atoms with E-state index in [2.05, 4.69) is 25.7 Å². The molecule has 2 atom stereocenters. The van der Waals surface area contributed by atoms with Crippen molar-refractivity contribution in [3.63, 3.8) is 0 Å². The predicted molar refractivity (Wildman–Crippen MR) is 81.5 cm³/mol. The summed E-state index contributed by atoms with van der Waals surface area (Å²) in [4.78, 5) is 30.2. The van der Waals surface area contributed by atoms with Crippen molar-refractivity contribution in [2.45, 2.75) is 51.6 Å². The molecule has 2 saturated heterocycles. The SMILES string of the molecule is CC(C)c1noc(CN2CCC[C@H]([C@]3(C)NC(=O)NC3=O)C2)n1. The van der Waals surface area contributed by atoms with Crippen molar-refractivity contribution < 1.29 is 14.1 Å². The van der Waals surface area contributed by atoms with E-state index in [-0.39, 0.29) is 17.7 Å². The van der Waals surface area contributed by atoms with Crippen LogP contribution in [0.4, 0.5) is 4.79 Å². The Bertz CT molecular complexity index is 614. The minimum Gasteiger partial charge on any atom is -0.338 e. The van der Waals surface area contributed by atoms with Crippen LogP contribution in [-0.2, 0) is 11.3 Å². The second-order valence-electron chi connectivity index (χ2n) is 6.89. The van der Waals surface area contributed by atoms with Crippen molar-refractivity contribution in [1.29, 1.82) is 0 Å². The van der Waals surface area contributed by atoms with E-state index in [0.717, 1.165) is 19.4 Å². The molecule has 8 heteroatoms. The summed E-state index contributed by atoms with van der Waals surface area (Å²) in [7, 11) is 0. The molecule has 126 valence electrons. The summed E-state index contributed by atoms with van der Waals surface area (Å²) >= 11 is 0. The van der Waals surface area contributed by atoms with Crippen LogP contribution in [-0.4, -0.2) is 45.6 Å². The molecule has 3 amide bonds. The van der Waals surface area contributed by atoms with Gasteiger partial charge in [0.25, 0.3) is 5.91 Å². The van der Waals surface area contributed by atoms with Crippen molar-refractivity contribution in [3.05, 3.63) is 11.7 Å². The summed E-state index contributed by atoms with van der Waals surface area (Å²) in [5.74, 6) is 1.37. The van der Waals surface area contributed by atoms with Gasteiger partial charge < -0.3 is 9.84 Å². The van der Waals surface area contributed by atoms with E-state index in [1.807, 2.05) is 13.8 Å². The third kappa shape index (κ3) is 3.08. The van der Waals surface area contributed by atoms with Gasteiger partial charge in [-0.05, 0) is 26.3 Å². The van der Waals surface area contributed by atoms with Gasteiger partial charge in [-0.25, -0.2) is 4.79 Å². The monoisotopic (exact) mass is 321 g/mol. The molecule has 0 saturated carbocycles. The maximum Gasteiger partial charge on any atom is 0.322 e. The van der Waals surface area contributed by atoms with Gasteiger partial charge in [-0.2, -0.15) is 4.98 Å². The number of rotatable bonds is 4. The van der Waals surface area contributed by atoms with Gasteiger partial charge in [-0.15, -0.1) is 0 Å². The molecule has 2 aliphatic heterocycles. The quantitative estimate of drug-likeness (QED) is 0.803. The fourth-order valence-corrected chi connectivity index (χ4v) is 3.27. The molecule has 0 aromatic carbocycles. The molecule has 0 aliphatic carbocycles. The van der Waals surface area contributed by atoms with Gasteiger partial charge in [0.05, 0.1) is 6.54 Å². The highest BCUT2D eigenvalue weighted by Gasteiger charge is 2.48. The topological polar surface area (TPSA) is 100 Å². The van der Waals surface area contributed by atoms with Gasteiger partial charge in [0.2, 0.25) is 5.89 Å². The van der Waals surface area contributed by atoms with Crippen LogP contribution < -0.4 is 10.6 Å². The van der Waals surface area contributed by atoms with E-state index in [1.165, 1.54) is 0 Å².